The predicted molar refractivity (Wildman–Crippen MR) is 147 cm³/mol. The standard InChI is InChI=1S/C32H40N2O6/c1-19(34(18-20-6-4-12-33-17-20)29(38)28-7-5-13-40-28)21-9-11-32(39)23-14-25(35)24-15-26(36)27(37)16-30(24,2)22(23)8-10-31(21,32)3/h4-7,12-14,17,19,21-22,24,26-27,36-37,39H,8-11,15-16,18H2,1-3H3. The Morgan fingerprint density at radius 2 is 1.95 bits per heavy atom. The third-order valence-corrected chi connectivity index (χ3v) is 11.3. The van der Waals surface area contributed by atoms with Gasteiger partial charge >= 0.3 is 0 Å². The lowest BCUT2D eigenvalue weighted by Gasteiger charge is -2.60. The number of carbonyl (C=O) groups is 2. The predicted octanol–water partition coefficient (Wildman–Crippen LogP) is 3.91. The van der Waals surface area contributed by atoms with Gasteiger partial charge in [-0.25, -0.2) is 0 Å². The quantitative estimate of drug-likeness (QED) is 0.518. The number of pyridine rings is 1. The zero-order valence-corrected chi connectivity index (χ0v) is 23.5. The molecule has 3 N–H and O–H groups in total. The number of hydrogen-bond acceptors (Lipinski definition) is 7. The molecule has 9 atom stereocenters. The van der Waals surface area contributed by atoms with Gasteiger partial charge in [-0.05, 0) is 98.1 Å². The monoisotopic (exact) mass is 548 g/mol. The molecule has 2 aromatic rings. The van der Waals surface area contributed by atoms with Gasteiger partial charge in [0.15, 0.2) is 11.5 Å². The first-order valence-electron chi connectivity index (χ1n) is 14.6. The van der Waals surface area contributed by atoms with Gasteiger partial charge in [-0.3, -0.25) is 14.6 Å². The molecule has 8 nitrogen and oxygen atoms in total. The van der Waals surface area contributed by atoms with Crippen molar-refractivity contribution in [2.24, 2.45) is 28.6 Å². The van der Waals surface area contributed by atoms with Crippen LogP contribution in [0.3, 0.4) is 0 Å². The third kappa shape index (κ3) is 3.94. The molecule has 1 amide bonds. The van der Waals surface area contributed by atoms with E-state index in [2.05, 4.69) is 25.8 Å². The molecule has 2 aromatic heterocycles. The fourth-order valence-electron chi connectivity index (χ4n) is 9.03. The van der Waals surface area contributed by atoms with E-state index >= 15 is 0 Å². The van der Waals surface area contributed by atoms with Crippen molar-refractivity contribution in [3.05, 3.63) is 65.9 Å². The van der Waals surface area contributed by atoms with E-state index in [4.69, 9.17) is 4.42 Å². The second kappa shape index (κ2) is 9.64. The number of aliphatic hydroxyl groups is 3. The van der Waals surface area contributed by atoms with Crippen LogP contribution in [0.25, 0.3) is 0 Å². The molecule has 3 fully saturated rings. The van der Waals surface area contributed by atoms with Crippen LogP contribution in [0.2, 0.25) is 0 Å². The van der Waals surface area contributed by atoms with Gasteiger partial charge in [0, 0.05) is 36.3 Å². The maximum Gasteiger partial charge on any atom is 0.290 e. The summed E-state index contributed by atoms with van der Waals surface area (Å²) in [5.41, 5.74) is -0.551. The molecule has 0 radical (unpaired) electrons. The average Bonchev–Trinajstić information content (AvgIpc) is 3.56. The van der Waals surface area contributed by atoms with Crippen LogP contribution < -0.4 is 0 Å². The van der Waals surface area contributed by atoms with Gasteiger partial charge in [0.25, 0.3) is 5.91 Å². The molecule has 4 aliphatic rings. The second-order valence-corrected chi connectivity index (χ2v) is 13.2. The summed E-state index contributed by atoms with van der Waals surface area (Å²) in [6.07, 6.45) is 8.21. The van der Waals surface area contributed by atoms with Crippen molar-refractivity contribution >= 4 is 11.7 Å². The number of amides is 1. The van der Waals surface area contributed by atoms with E-state index < -0.39 is 28.6 Å². The molecule has 3 saturated carbocycles. The maximum atomic E-state index is 13.7. The first-order valence-corrected chi connectivity index (χ1v) is 14.6. The molecule has 0 aliphatic heterocycles. The SMILES string of the molecule is CC(C1CCC2(O)C3=CC(=O)C4CC(O)C(O)CC4(C)C3CCC12C)N(Cc1cccnc1)C(=O)c1ccco1. The Bertz CT molecular complexity index is 1310. The Balaban J connectivity index is 1.34. The van der Waals surface area contributed by atoms with E-state index in [1.807, 2.05) is 17.0 Å². The molecule has 0 bridgehead atoms. The molecule has 4 aliphatic carbocycles. The van der Waals surface area contributed by atoms with Crippen LogP contribution >= 0.6 is 0 Å². The van der Waals surface area contributed by atoms with E-state index in [0.717, 1.165) is 24.0 Å². The van der Waals surface area contributed by atoms with Gasteiger partial charge in [-0.2, -0.15) is 0 Å². The van der Waals surface area contributed by atoms with Crippen LogP contribution in [0.4, 0.5) is 0 Å². The summed E-state index contributed by atoms with van der Waals surface area (Å²) in [6.45, 7) is 6.60. The number of hydrogen-bond donors (Lipinski definition) is 3. The molecule has 9 unspecified atom stereocenters. The molecular weight excluding hydrogens is 508 g/mol. The molecule has 0 spiro atoms. The van der Waals surface area contributed by atoms with Gasteiger partial charge in [-0.1, -0.05) is 19.9 Å². The van der Waals surface area contributed by atoms with E-state index in [9.17, 15) is 24.9 Å². The number of rotatable bonds is 5. The molecule has 40 heavy (non-hydrogen) atoms. The summed E-state index contributed by atoms with van der Waals surface area (Å²) in [5, 5.41) is 33.5. The number of allylic oxidation sites excluding steroid dienone is 1. The van der Waals surface area contributed by atoms with Crippen molar-refractivity contribution < 1.29 is 29.3 Å². The second-order valence-electron chi connectivity index (χ2n) is 13.2. The number of aliphatic hydroxyl groups excluding tert-OH is 2. The minimum absolute atomic E-state index is 0.0191. The van der Waals surface area contributed by atoms with Gasteiger partial charge in [0.05, 0.1) is 24.1 Å². The molecule has 8 heteroatoms. The average molecular weight is 549 g/mol. The topological polar surface area (TPSA) is 124 Å². The number of aromatic nitrogens is 1. The van der Waals surface area contributed by atoms with Crippen molar-refractivity contribution in [3.63, 3.8) is 0 Å². The van der Waals surface area contributed by atoms with Crippen molar-refractivity contribution in [3.8, 4) is 0 Å². The van der Waals surface area contributed by atoms with Crippen LogP contribution in [0.5, 0.6) is 0 Å². The third-order valence-electron chi connectivity index (χ3n) is 11.3. The Morgan fingerprint density at radius 3 is 2.65 bits per heavy atom. The van der Waals surface area contributed by atoms with Crippen LogP contribution in [-0.2, 0) is 11.3 Å². The van der Waals surface area contributed by atoms with E-state index in [1.54, 1.807) is 30.6 Å². The Morgan fingerprint density at radius 1 is 1.15 bits per heavy atom. The largest absolute Gasteiger partial charge is 0.459 e. The Kier molecular flexibility index (Phi) is 6.59. The van der Waals surface area contributed by atoms with Gasteiger partial charge in [0.1, 0.15) is 0 Å². The smallest absolute Gasteiger partial charge is 0.290 e. The summed E-state index contributed by atoms with van der Waals surface area (Å²) < 4.78 is 5.50. The van der Waals surface area contributed by atoms with Gasteiger partial charge in [0.2, 0.25) is 0 Å². The van der Waals surface area contributed by atoms with Crippen LogP contribution in [-0.4, -0.2) is 60.7 Å². The first kappa shape index (κ1) is 27.4. The molecule has 0 aromatic carbocycles. The minimum Gasteiger partial charge on any atom is -0.459 e. The highest BCUT2D eigenvalue weighted by molar-refractivity contribution is 5.95. The number of ketones is 1. The highest BCUT2D eigenvalue weighted by Crippen LogP contribution is 2.67. The van der Waals surface area contributed by atoms with Gasteiger partial charge < -0.3 is 24.6 Å². The summed E-state index contributed by atoms with van der Waals surface area (Å²) >= 11 is 0. The first-order chi connectivity index (χ1) is 19.0. The van der Waals surface area contributed by atoms with E-state index in [0.29, 0.717) is 25.8 Å². The zero-order valence-electron chi connectivity index (χ0n) is 23.5. The van der Waals surface area contributed by atoms with Crippen molar-refractivity contribution in [1.82, 2.24) is 9.88 Å². The lowest BCUT2D eigenvalue weighted by molar-refractivity contribution is -0.153. The van der Waals surface area contributed by atoms with Crippen LogP contribution in [0.15, 0.2) is 59.0 Å². The maximum absolute atomic E-state index is 13.7. The van der Waals surface area contributed by atoms with Crippen LogP contribution in [0, 0.1) is 28.6 Å². The number of fused-ring (bicyclic) bond motifs is 5. The minimum atomic E-state index is -1.19. The highest BCUT2D eigenvalue weighted by Gasteiger charge is 2.67. The van der Waals surface area contributed by atoms with E-state index in [1.165, 1.54) is 6.26 Å². The molecule has 0 saturated heterocycles. The fraction of sp³-hybridized carbons (Fsp3) is 0.594. The molecule has 214 valence electrons. The zero-order chi connectivity index (χ0) is 28.4. The molecule has 6 rings (SSSR count). The number of nitrogens with zero attached hydrogens (tertiary/aromatic N) is 2. The summed E-state index contributed by atoms with van der Waals surface area (Å²) in [7, 11) is 0. The normalized spacial score (nSPS) is 39.5. The van der Waals surface area contributed by atoms with Crippen LogP contribution in [0.1, 0.15) is 75.4 Å². The highest BCUT2D eigenvalue weighted by atomic mass is 16.3. The Labute approximate surface area is 235 Å². The Hall–Kier alpha value is -2.81. The number of carbonyl (C=O) groups excluding carboxylic acids is 2. The summed E-state index contributed by atoms with van der Waals surface area (Å²) in [4.78, 5) is 33.3. The van der Waals surface area contributed by atoms with Crippen molar-refractivity contribution in [2.45, 2.75) is 89.7 Å². The lowest BCUT2D eigenvalue weighted by atomic mass is 9.46. The summed E-state index contributed by atoms with van der Waals surface area (Å²) in [6, 6.07) is 6.97. The van der Waals surface area contributed by atoms with E-state index in [-0.39, 0.29) is 47.7 Å². The summed E-state index contributed by atoms with van der Waals surface area (Å²) in [5.74, 6) is -0.401. The molecular formula is C32H40N2O6. The molecule has 2 heterocycles. The van der Waals surface area contributed by atoms with Crippen molar-refractivity contribution in [1.29, 1.82) is 0 Å². The van der Waals surface area contributed by atoms with Crippen molar-refractivity contribution in [2.75, 3.05) is 0 Å². The van der Waals surface area contributed by atoms with Gasteiger partial charge in [-0.15, -0.1) is 0 Å². The number of furan rings is 1. The fourth-order valence-corrected chi connectivity index (χ4v) is 9.03. The lowest BCUT2D eigenvalue weighted by Crippen LogP contribution is -2.61.